The summed E-state index contributed by atoms with van der Waals surface area (Å²) in [6.07, 6.45) is 0. The Hall–Kier alpha value is -5.18. The highest BCUT2D eigenvalue weighted by Crippen LogP contribution is 2.32. The smallest absolute Gasteiger partial charge is 0.267 e. The van der Waals surface area contributed by atoms with Gasteiger partial charge in [-0.15, -0.1) is 0 Å². The maximum absolute atomic E-state index is 14.1. The molecular weight excluding hydrogens is 598 g/mol. The van der Waals surface area contributed by atoms with Crippen molar-refractivity contribution in [1.29, 1.82) is 0 Å². The van der Waals surface area contributed by atoms with Crippen molar-refractivity contribution in [2.75, 3.05) is 37.4 Å². The van der Waals surface area contributed by atoms with Crippen LogP contribution in [0.3, 0.4) is 0 Å². The standard InChI is InChI=1S/C37H34ClN5O3/c1-41(2)21-20-39-36(45)34-19-17-28-24-43(33-15-9-6-12-26(33)23-42(28)34)37(46)31-18-16-27(22-32(31)38)40-35(44)30-14-8-7-13-29(30)25-10-4-3-5-11-25/h3-19,22H,20-21,23-24H2,1-2H3,(H,39,45)(H,40,44). The van der Waals surface area contributed by atoms with Crippen LogP contribution in [0.2, 0.25) is 5.02 Å². The third kappa shape index (κ3) is 6.44. The predicted octanol–water partition coefficient (Wildman–Crippen LogP) is 6.56. The van der Waals surface area contributed by atoms with Crippen molar-refractivity contribution in [3.05, 3.63) is 142 Å². The molecule has 232 valence electrons. The second-order valence-corrected chi connectivity index (χ2v) is 11.8. The van der Waals surface area contributed by atoms with E-state index in [1.165, 1.54) is 0 Å². The lowest BCUT2D eigenvalue weighted by Crippen LogP contribution is -2.33. The van der Waals surface area contributed by atoms with Gasteiger partial charge in [-0.3, -0.25) is 14.4 Å². The highest BCUT2D eigenvalue weighted by Gasteiger charge is 2.28. The zero-order valence-corrected chi connectivity index (χ0v) is 26.4. The highest BCUT2D eigenvalue weighted by molar-refractivity contribution is 6.35. The quantitative estimate of drug-likeness (QED) is 0.203. The van der Waals surface area contributed by atoms with Crippen LogP contribution in [0.1, 0.15) is 42.5 Å². The molecule has 0 fully saturated rings. The van der Waals surface area contributed by atoms with Gasteiger partial charge in [-0.05, 0) is 73.3 Å². The number of nitrogens with one attached hydrogen (secondary N) is 2. The van der Waals surface area contributed by atoms with E-state index in [9.17, 15) is 14.4 Å². The van der Waals surface area contributed by atoms with E-state index in [0.717, 1.165) is 34.6 Å². The van der Waals surface area contributed by atoms with E-state index < -0.39 is 0 Å². The Morgan fingerprint density at radius 1 is 0.783 bits per heavy atom. The number of fused-ring (bicyclic) bond motifs is 2. The van der Waals surface area contributed by atoms with E-state index >= 15 is 0 Å². The summed E-state index contributed by atoms with van der Waals surface area (Å²) in [6, 6.07) is 33.4. The van der Waals surface area contributed by atoms with Crippen molar-refractivity contribution >= 4 is 40.7 Å². The van der Waals surface area contributed by atoms with Crippen LogP contribution in [-0.4, -0.2) is 54.4 Å². The van der Waals surface area contributed by atoms with Crippen LogP contribution >= 0.6 is 11.6 Å². The van der Waals surface area contributed by atoms with E-state index in [1.807, 2.05) is 102 Å². The second kappa shape index (κ2) is 13.4. The molecule has 3 amide bonds. The van der Waals surface area contributed by atoms with Crippen molar-refractivity contribution in [1.82, 2.24) is 14.8 Å². The molecule has 0 aliphatic carbocycles. The summed E-state index contributed by atoms with van der Waals surface area (Å²) >= 11 is 6.72. The summed E-state index contributed by atoms with van der Waals surface area (Å²) in [6.45, 7) is 1.96. The van der Waals surface area contributed by atoms with Crippen LogP contribution in [0, 0.1) is 0 Å². The van der Waals surface area contributed by atoms with Crippen molar-refractivity contribution < 1.29 is 14.4 Å². The first-order valence-electron chi connectivity index (χ1n) is 15.1. The predicted molar refractivity (Wildman–Crippen MR) is 183 cm³/mol. The first-order chi connectivity index (χ1) is 22.3. The number of carbonyl (C=O) groups is 3. The van der Waals surface area contributed by atoms with Gasteiger partial charge in [0.05, 0.1) is 23.7 Å². The Balaban J connectivity index is 1.24. The van der Waals surface area contributed by atoms with E-state index in [0.29, 0.717) is 35.6 Å². The molecule has 2 N–H and O–H groups in total. The fraction of sp³-hybridized carbons (Fsp3) is 0.162. The number of likely N-dealkylation sites (N-methyl/N-ethyl adjacent to an activating group) is 1. The van der Waals surface area contributed by atoms with Gasteiger partial charge in [-0.2, -0.15) is 0 Å². The number of benzene rings is 4. The van der Waals surface area contributed by atoms with Gasteiger partial charge in [0.2, 0.25) is 0 Å². The number of rotatable bonds is 8. The van der Waals surface area contributed by atoms with Crippen LogP contribution in [0.5, 0.6) is 0 Å². The zero-order chi connectivity index (χ0) is 32.2. The highest BCUT2D eigenvalue weighted by atomic mass is 35.5. The van der Waals surface area contributed by atoms with E-state index in [4.69, 9.17) is 11.6 Å². The van der Waals surface area contributed by atoms with E-state index in [1.54, 1.807) is 35.2 Å². The van der Waals surface area contributed by atoms with Crippen molar-refractivity contribution in [2.45, 2.75) is 13.1 Å². The first-order valence-corrected chi connectivity index (χ1v) is 15.4. The number of hydrogen-bond donors (Lipinski definition) is 2. The molecule has 2 heterocycles. The topological polar surface area (TPSA) is 86.7 Å². The van der Waals surface area contributed by atoms with Crippen molar-refractivity contribution in [3.63, 3.8) is 0 Å². The summed E-state index contributed by atoms with van der Waals surface area (Å²) in [5, 5.41) is 6.14. The Morgan fingerprint density at radius 2 is 1.52 bits per heavy atom. The SMILES string of the molecule is CN(C)CCNC(=O)c1ccc2n1Cc1ccccc1N(C(=O)c1ccc(NC(=O)c3ccccc3-c3ccccc3)cc1Cl)C2. The minimum atomic E-state index is -0.281. The van der Waals surface area contributed by atoms with Gasteiger partial charge in [0.15, 0.2) is 0 Å². The Bertz CT molecular complexity index is 1920. The lowest BCUT2D eigenvalue weighted by molar-refractivity contribution is 0.0940. The number of halogens is 1. The van der Waals surface area contributed by atoms with Gasteiger partial charge >= 0.3 is 0 Å². The molecule has 4 aromatic carbocycles. The van der Waals surface area contributed by atoms with Gasteiger partial charge in [-0.25, -0.2) is 0 Å². The van der Waals surface area contributed by atoms with Gasteiger partial charge < -0.3 is 25.0 Å². The van der Waals surface area contributed by atoms with Gasteiger partial charge in [0.1, 0.15) is 5.69 Å². The molecule has 0 saturated heterocycles. The van der Waals surface area contributed by atoms with E-state index in [-0.39, 0.29) is 29.3 Å². The van der Waals surface area contributed by atoms with E-state index in [2.05, 4.69) is 10.6 Å². The normalized spacial score (nSPS) is 12.2. The van der Waals surface area contributed by atoms with Gasteiger partial charge in [0.25, 0.3) is 17.7 Å². The molecule has 1 aliphatic rings. The average Bonchev–Trinajstić information content (AvgIpc) is 3.37. The minimum Gasteiger partial charge on any atom is -0.349 e. The number of para-hydroxylation sites is 1. The molecule has 6 rings (SSSR count). The molecule has 5 aromatic rings. The molecule has 1 aromatic heterocycles. The molecule has 1 aliphatic heterocycles. The third-order valence-corrected chi connectivity index (χ3v) is 8.35. The molecule has 0 saturated carbocycles. The largest absolute Gasteiger partial charge is 0.349 e. The molecule has 46 heavy (non-hydrogen) atoms. The summed E-state index contributed by atoms with van der Waals surface area (Å²) in [4.78, 5) is 44.2. The Morgan fingerprint density at radius 3 is 2.30 bits per heavy atom. The Kier molecular flexibility index (Phi) is 9.01. The number of nitrogens with zero attached hydrogens (tertiary/aromatic N) is 3. The molecule has 0 bridgehead atoms. The molecule has 0 atom stereocenters. The fourth-order valence-electron chi connectivity index (χ4n) is 5.68. The maximum Gasteiger partial charge on any atom is 0.267 e. The average molecular weight is 632 g/mol. The number of carbonyl (C=O) groups excluding carboxylic acids is 3. The minimum absolute atomic E-state index is 0.155. The molecular formula is C37H34ClN5O3. The number of amides is 3. The van der Waals surface area contributed by atoms with Crippen LogP contribution in [0.25, 0.3) is 11.1 Å². The lowest BCUT2D eigenvalue weighted by Gasteiger charge is -2.23. The number of anilines is 2. The van der Waals surface area contributed by atoms with Crippen LogP contribution in [0.4, 0.5) is 11.4 Å². The summed E-state index contributed by atoms with van der Waals surface area (Å²) in [7, 11) is 3.92. The van der Waals surface area contributed by atoms with Crippen molar-refractivity contribution in [3.8, 4) is 11.1 Å². The van der Waals surface area contributed by atoms with Gasteiger partial charge in [0, 0.05) is 35.7 Å². The molecule has 0 radical (unpaired) electrons. The summed E-state index contributed by atoms with van der Waals surface area (Å²) in [5.74, 6) is -0.716. The fourth-order valence-corrected chi connectivity index (χ4v) is 5.95. The van der Waals surface area contributed by atoms with Crippen molar-refractivity contribution in [2.24, 2.45) is 0 Å². The third-order valence-electron chi connectivity index (χ3n) is 8.04. The summed E-state index contributed by atoms with van der Waals surface area (Å²) in [5.41, 5.74) is 6.10. The Labute approximate surface area is 273 Å². The maximum atomic E-state index is 14.1. The molecule has 0 spiro atoms. The van der Waals surface area contributed by atoms with Gasteiger partial charge in [-0.1, -0.05) is 78.3 Å². The van der Waals surface area contributed by atoms with Crippen LogP contribution < -0.4 is 15.5 Å². The summed E-state index contributed by atoms with van der Waals surface area (Å²) < 4.78 is 1.96. The van der Waals surface area contributed by atoms with Crippen LogP contribution in [-0.2, 0) is 13.1 Å². The monoisotopic (exact) mass is 631 g/mol. The molecule has 9 heteroatoms. The number of aromatic nitrogens is 1. The first kappa shape index (κ1) is 30.8. The zero-order valence-electron chi connectivity index (χ0n) is 25.7. The molecule has 0 unspecified atom stereocenters. The van der Waals surface area contributed by atoms with Crippen LogP contribution in [0.15, 0.2) is 109 Å². The second-order valence-electron chi connectivity index (χ2n) is 11.4. The number of hydrogen-bond acceptors (Lipinski definition) is 4. The lowest BCUT2D eigenvalue weighted by atomic mass is 9.99. The molecule has 8 nitrogen and oxygen atoms in total.